The van der Waals surface area contributed by atoms with E-state index in [0.717, 1.165) is 5.56 Å². The number of hydrogen-bond donors (Lipinski definition) is 1. The second-order valence-corrected chi connectivity index (χ2v) is 8.18. The number of ether oxygens (including phenoxy) is 2. The van der Waals surface area contributed by atoms with Gasteiger partial charge < -0.3 is 19.2 Å². The SMILES string of the molecule is Cc1ccccc1OCC(=O)c1ccc2c(c1)N(Cc1nc(C(=O)NC(C)C)co1)C(=O)CO2. The van der Waals surface area contributed by atoms with Crippen molar-refractivity contribution in [2.45, 2.75) is 33.4 Å². The van der Waals surface area contributed by atoms with E-state index in [0.29, 0.717) is 22.7 Å². The van der Waals surface area contributed by atoms with Gasteiger partial charge in [-0.1, -0.05) is 18.2 Å². The van der Waals surface area contributed by atoms with Gasteiger partial charge in [0.05, 0.1) is 5.69 Å². The normalized spacial score (nSPS) is 12.8. The molecule has 176 valence electrons. The number of nitrogens with zero attached hydrogens (tertiary/aromatic N) is 2. The third-order valence-electron chi connectivity index (χ3n) is 5.17. The number of aromatic nitrogens is 1. The molecule has 4 rings (SSSR count). The number of ketones is 1. The van der Waals surface area contributed by atoms with Gasteiger partial charge in [-0.15, -0.1) is 0 Å². The predicted molar refractivity (Wildman–Crippen MR) is 123 cm³/mol. The van der Waals surface area contributed by atoms with Crippen LogP contribution in [-0.2, 0) is 11.3 Å². The first kappa shape index (κ1) is 23.0. The number of carbonyl (C=O) groups is 3. The Bertz CT molecular complexity index is 1230. The largest absolute Gasteiger partial charge is 0.485 e. The molecule has 2 heterocycles. The Morgan fingerprint density at radius 2 is 2.00 bits per heavy atom. The van der Waals surface area contributed by atoms with Crippen LogP contribution in [0.5, 0.6) is 11.5 Å². The summed E-state index contributed by atoms with van der Waals surface area (Å²) in [4.78, 5) is 43.2. The summed E-state index contributed by atoms with van der Waals surface area (Å²) < 4.78 is 16.6. The van der Waals surface area contributed by atoms with Crippen LogP contribution in [0, 0.1) is 6.92 Å². The second-order valence-electron chi connectivity index (χ2n) is 8.18. The van der Waals surface area contributed by atoms with E-state index in [1.807, 2.05) is 39.0 Å². The highest BCUT2D eigenvalue weighted by molar-refractivity contribution is 6.02. The third kappa shape index (κ3) is 5.09. The lowest BCUT2D eigenvalue weighted by Gasteiger charge is -2.28. The maximum atomic E-state index is 12.8. The van der Waals surface area contributed by atoms with Gasteiger partial charge in [-0.05, 0) is 50.6 Å². The van der Waals surface area contributed by atoms with E-state index in [1.54, 1.807) is 24.3 Å². The monoisotopic (exact) mass is 463 g/mol. The van der Waals surface area contributed by atoms with Crippen molar-refractivity contribution in [1.82, 2.24) is 10.3 Å². The number of Topliss-reactive ketones (excluding diaryl/α,β-unsaturated/α-hetero) is 1. The van der Waals surface area contributed by atoms with Crippen molar-refractivity contribution < 1.29 is 28.3 Å². The molecule has 1 aliphatic heterocycles. The van der Waals surface area contributed by atoms with Crippen molar-refractivity contribution in [3.05, 3.63) is 71.4 Å². The first-order valence-electron chi connectivity index (χ1n) is 10.9. The Kier molecular flexibility index (Phi) is 6.62. The first-order valence-corrected chi connectivity index (χ1v) is 10.9. The molecule has 0 bridgehead atoms. The Hall–Kier alpha value is -4.14. The van der Waals surface area contributed by atoms with E-state index < -0.39 is 0 Å². The van der Waals surface area contributed by atoms with Crippen LogP contribution >= 0.6 is 0 Å². The highest BCUT2D eigenvalue weighted by Crippen LogP contribution is 2.34. The fourth-order valence-corrected chi connectivity index (χ4v) is 3.45. The van der Waals surface area contributed by atoms with Crippen LogP contribution in [0.4, 0.5) is 5.69 Å². The lowest BCUT2D eigenvalue weighted by Crippen LogP contribution is -2.38. The number of anilines is 1. The molecule has 0 saturated carbocycles. The van der Waals surface area contributed by atoms with Crippen molar-refractivity contribution in [2.24, 2.45) is 0 Å². The summed E-state index contributed by atoms with van der Waals surface area (Å²) in [6.07, 6.45) is 1.25. The molecule has 0 aliphatic carbocycles. The van der Waals surface area contributed by atoms with Crippen molar-refractivity contribution >= 4 is 23.3 Å². The summed E-state index contributed by atoms with van der Waals surface area (Å²) in [6, 6.07) is 12.3. The minimum absolute atomic E-state index is 0.0124. The number of para-hydroxylation sites is 1. The predicted octanol–water partition coefficient (Wildman–Crippen LogP) is 3.31. The van der Waals surface area contributed by atoms with Crippen molar-refractivity contribution in [3.8, 4) is 11.5 Å². The number of carbonyl (C=O) groups excluding carboxylic acids is 3. The van der Waals surface area contributed by atoms with Crippen LogP contribution in [0.2, 0.25) is 0 Å². The van der Waals surface area contributed by atoms with Crippen molar-refractivity contribution in [1.29, 1.82) is 0 Å². The lowest BCUT2D eigenvalue weighted by atomic mass is 10.1. The highest BCUT2D eigenvalue weighted by atomic mass is 16.5. The average Bonchev–Trinajstić information content (AvgIpc) is 3.28. The van der Waals surface area contributed by atoms with Crippen LogP contribution in [-0.4, -0.2) is 41.8 Å². The van der Waals surface area contributed by atoms with E-state index in [-0.39, 0.29) is 55.0 Å². The summed E-state index contributed by atoms with van der Waals surface area (Å²) in [5.74, 6) is 0.359. The fraction of sp³-hybridized carbons (Fsp3) is 0.280. The summed E-state index contributed by atoms with van der Waals surface area (Å²) in [5.41, 5.74) is 1.85. The number of aryl methyl sites for hydroxylation is 1. The van der Waals surface area contributed by atoms with Gasteiger partial charge >= 0.3 is 0 Å². The number of fused-ring (bicyclic) bond motifs is 1. The zero-order valence-electron chi connectivity index (χ0n) is 19.2. The molecule has 3 aromatic rings. The number of nitrogens with one attached hydrogen (secondary N) is 1. The zero-order valence-corrected chi connectivity index (χ0v) is 19.2. The lowest BCUT2D eigenvalue weighted by molar-refractivity contribution is -0.121. The van der Waals surface area contributed by atoms with Gasteiger partial charge in [-0.3, -0.25) is 19.3 Å². The van der Waals surface area contributed by atoms with E-state index >= 15 is 0 Å². The van der Waals surface area contributed by atoms with Gasteiger partial charge in [-0.25, -0.2) is 4.98 Å². The maximum absolute atomic E-state index is 12.8. The summed E-state index contributed by atoms with van der Waals surface area (Å²) in [5, 5.41) is 2.74. The quantitative estimate of drug-likeness (QED) is 0.510. The number of oxazole rings is 1. The van der Waals surface area contributed by atoms with E-state index in [2.05, 4.69) is 10.3 Å². The summed E-state index contributed by atoms with van der Waals surface area (Å²) in [6.45, 7) is 5.27. The fourth-order valence-electron chi connectivity index (χ4n) is 3.45. The molecule has 9 heteroatoms. The van der Waals surface area contributed by atoms with Gasteiger partial charge in [0.25, 0.3) is 11.8 Å². The van der Waals surface area contributed by atoms with E-state index in [9.17, 15) is 14.4 Å². The molecule has 1 aliphatic rings. The molecule has 2 aromatic carbocycles. The molecule has 1 N–H and O–H groups in total. The number of benzene rings is 2. The van der Waals surface area contributed by atoms with Gasteiger partial charge in [0.15, 0.2) is 24.7 Å². The highest BCUT2D eigenvalue weighted by Gasteiger charge is 2.28. The molecule has 0 unspecified atom stereocenters. The second kappa shape index (κ2) is 9.78. The molecule has 0 radical (unpaired) electrons. The summed E-state index contributed by atoms with van der Waals surface area (Å²) >= 11 is 0. The molecular weight excluding hydrogens is 438 g/mol. The molecule has 0 spiro atoms. The van der Waals surface area contributed by atoms with Crippen LogP contribution in [0.3, 0.4) is 0 Å². The smallest absolute Gasteiger partial charge is 0.273 e. The average molecular weight is 463 g/mol. The molecule has 34 heavy (non-hydrogen) atoms. The molecule has 1 aromatic heterocycles. The van der Waals surface area contributed by atoms with Gasteiger partial charge in [0.1, 0.15) is 24.3 Å². The molecule has 0 atom stereocenters. The Morgan fingerprint density at radius 1 is 1.21 bits per heavy atom. The maximum Gasteiger partial charge on any atom is 0.273 e. The van der Waals surface area contributed by atoms with Crippen LogP contribution in [0.1, 0.15) is 46.1 Å². The molecule has 9 nitrogen and oxygen atoms in total. The number of amides is 2. The zero-order chi connectivity index (χ0) is 24.2. The third-order valence-corrected chi connectivity index (χ3v) is 5.17. The summed E-state index contributed by atoms with van der Waals surface area (Å²) in [7, 11) is 0. The standard InChI is InChI=1S/C25H25N3O6/c1-15(2)26-25(31)18-12-34-23(27-18)11-28-19-10-17(8-9-22(19)33-14-24(28)30)20(29)13-32-21-7-5-4-6-16(21)3/h4-10,12,15H,11,13-14H2,1-3H3,(H,26,31). The molecular formula is C25H25N3O6. The van der Waals surface area contributed by atoms with Crippen LogP contribution in [0.15, 0.2) is 53.1 Å². The van der Waals surface area contributed by atoms with E-state index in [1.165, 1.54) is 11.2 Å². The minimum atomic E-state index is -0.361. The number of rotatable bonds is 8. The molecule has 2 amide bonds. The molecule has 0 saturated heterocycles. The Morgan fingerprint density at radius 3 is 2.76 bits per heavy atom. The minimum Gasteiger partial charge on any atom is -0.485 e. The van der Waals surface area contributed by atoms with Crippen LogP contribution in [0.25, 0.3) is 0 Å². The topological polar surface area (TPSA) is 111 Å². The van der Waals surface area contributed by atoms with E-state index in [4.69, 9.17) is 13.9 Å². The first-order chi connectivity index (χ1) is 16.3. The number of hydrogen-bond acceptors (Lipinski definition) is 7. The van der Waals surface area contributed by atoms with Gasteiger partial charge in [0.2, 0.25) is 5.89 Å². The Balaban J connectivity index is 1.51. The van der Waals surface area contributed by atoms with Gasteiger partial charge in [0, 0.05) is 11.6 Å². The van der Waals surface area contributed by atoms with Crippen molar-refractivity contribution in [2.75, 3.05) is 18.1 Å². The Labute approximate surface area is 196 Å². The van der Waals surface area contributed by atoms with Gasteiger partial charge in [-0.2, -0.15) is 0 Å². The van der Waals surface area contributed by atoms with Crippen molar-refractivity contribution in [3.63, 3.8) is 0 Å². The molecule has 0 fully saturated rings. The van der Waals surface area contributed by atoms with Crippen LogP contribution < -0.4 is 19.7 Å².